The van der Waals surface area contributed by atoms with Crippen LogP contribution >= 0.6 is 0 Å². The summed E-state index contributed by atoms with van der Waals surface area (Å²) in [4.78, 5) is 0. The van der Waals surface area contributed by atoms with Crippen molar-refractivity contribution in [2.24, 2.45) is 7.05 Å². The summed E-state index contributed by atoms with van der Waals surface area (Å²) in [5.74, 6) is -0.0858. The molecule has 0 spiro atoms. The van der Waals surface area contributed by atoms with Gasteiger partial charge in [0, 0.05) is 7.05 Å². The molecule has 1 rings (SSSR count). The number of aromatic nitrogens is 2. The fourth-order valence-electron chi connectivity index (χ4n) is 1.05. The highest BCUT2D eigenvalue weighted by Crippen LogP contribution is 2.36. The van der Waals surface area contributed by atoms with Gasteiger partial charge in [0.05, 0.1) is 13.3 Å². The summed E-state index contributed by atoms with van der Waals surface area (Å²) in [7, 11) is 2.51. The molecule has 0 amide bonds. The molecule has 1 aromatic rings. The van der Waals surface area contributed by atoms with Gasteiger partial charge in [0.2, 0.25) is 0 Å². The molecule has 1 N–H and O–H groups in total. The molecule has 0 radical (unpaired) electrons. The lowest BCUT2D eigenvalue weighted by atomic mass is 10.2. The first-order valence-corrected chi connectivity index (χ1v) is 3.68. The fourth-order valence-corrected chi connectivity index (χ4v) is 1.05. The predicted octanol–water partition coefficient (Wildman–Crippen LogP) is 1.02. The van der Waals surface area contributed by atoms with Gasteiger partial charge in [-0.1, -0.05) is 0 Å². The summed E-state index contributed by atoms with van der Waals surface area (Å²) < 4.78 is 42.1. The van der Waals surface area contributed by atoms with Crippen molar-refractivity contribution in [3.8, 4) is 5.75 Å². The van der Waals surface area contributed by atoms with E-state index in [0.29, 0.717) is 0 Å². The van der Waals surface area contributed by atoms with E-state index in [4.69, 9.17) is 5.11 Å². The van der Waals surface area contributed by atoms with Crippen LogP contribution in [0.5, 0.6) is 5.75 Å². The van der Waals surface area contributed by atoms with E-state index in [2.05, 4.69) is 9.84 Å². The van der Waals surface area contributed by atoms with Gasteiger partial charge in [-0.05, 0) is 0 Å². The molecular weight excluding hydrogens is 201 g/mol. The molecule has 0 aromatic carbocycles. The predicted molar refractivity (Wildman–Crippen MR) is 40.8 cm³/mol. The number of aliphatic hydroxyl groups excluding tert-OH is 1. The van der Waals surface area contributed by atoms with Gasteiger partial charge in [0.15, 0.2) is 11.9 Å². The van der Waals surface area contributed by atoms with Gasteiger partial charge in [0.1, 0.15) is 5.69 Å². The van der Waals surface area contributed by atoms with Gasteiger partial charge in [-0.15, -0.1) is 0 Å². The Kier molecular flexibility index (Phi) is 2.70. The fraction of sp³-hybridized carbons (Fsp3) is 0.571. The summed E-state index contributed by atoms with van der Waals surface area (Å²) in [6, 6.07) is 0. The van der Waals surface area contributed by atoms with Crippen molar-refractivity contribution < 1.29 is 23.0 Å². The molecule has 80 valence electrons. The smallest absolute Gasteiger partial charge is 0.420 e. The summed E-state index contributed by atoms with van der Waals surface area (Å²) in [6.45, 7) is 0. The van der Waals surface area contributed by atoms with E-state index in [1.165, 1.54) is 14.2 Å². The molecule has 0 aliphatic heterocycles. The van der Waals surface area contributed by atoms with Crippen molar-refractivity contribution in [3.05, 3.63) is 11.9 Å². The molecule has 1 aromatic heterocycles. The molecule has 7 heteroatoms. The highest BCUT2D eigenvalue weighted by atomic mass is 19.4. The Balaban J connectivity index is 3.11. The summed E-state index contributed by atoms with van der Waals surface area (Å²) in [6.07, 6.45) is -6.18. The molecule has 14 heavy (non-hydrogen) atoms. The van der Waals surface area contributed by atoms with Gasteiger partial charge in [-0.25, -0.2) is 0 Å². The average molecular weight is 210 g/mol. The van der Waals surface area contributed by atoms with Gasteiger partial charge in [-0.2, -0.15) is 18.3 Å². The Labute approximate surface area is 77.9 Å². The third kappa shape index (κ3) is 1.82. The Morgan fingerprint density at radius 2 is 2.14 bits per heavy atom. The van der Waals surface area contributed by atoms with Crippen LogP contribution in [0.2, 0.25) is 0 Å². The summed E-state index contributed by atoms with van der Waals surface area (Å²) in [5.41, 5.74) is -0.403. The maximum absolute atomic E-state index is 12.2. The van der Waals surface area contributed by atoms with Crippen molar-refractivity contribution in [2.75, 3.05) is 7.11 Å². The van der Waals surface area contributed by atoms with Crippen molar-refractivity contribution in [1.29, 1.82) is 0 Å². The number of methoxy groups -OCH3 is 1. The number of ether oxygens (including phenoxy) is 1. The molecule has 0 fully saturated rings. The molecule has 0 aliphatic carbocycles. The average Bonchev–Trinajstić information content (AvgIpc) is 2.43. The first-order valence-electron chi connectivity index (χ1n) is 3.68. The lowest BCUT2D eigenvalue weighted by molar-refractivity contribution is -0.209. The molecular formula is C7H9F3N2O2. The quantitative estimate of drug-likeness (QED) is 0.792. The number of hydrogen-bond donors (Lipinski definition) is 1. The molecule has 0 saturated carbocycles. The molecule has 0 saturated heterocycles. The number of nitrogens with zero attached hydrogens (tertiary/aromatic N) is 2. The Bertz CT molecular complexity index is 321. The minimum absolute atomic E-state index is 0.0858. The van der Waals surface area contributed by atoms with Crippen LogP contribution in [0.1, 0.15) is 11.8 Å². The van der Waals surface area contributed by atoms with E-state index in [9.17, 15) is 13.2 Å². The largest absolute Gasteiger partial charge is 0.493 e. The second-order valence-corrected chi connectivity index (χ2v) is 2.67. The molecule has 0 aliphatic rings. The maximum atomic E-state index is 12.2. The number of aliphatic hydroxyl groups is 1. The third-order valence-electron chi connectivity index (χ3n) is 1.74. The van der Waals surface area contributed by atoms with Crippen LogP contribution in [0.25, 0.3) is 0 Å². The standard InChI is InChI=1S/C7H9F3N2O2/c1-12-5(4(14-2)3-11-12)6(13)7(8,9)10/h3,6,13H,1-2H3. The lowest BCUT2D eigenvalue weighted by Crippen LogP contribution is -2.23. The van der Waals surface area contributed by atoms with E-state index in [1.54, 1.807) is 0 Å². The van der Waals surface area contributed by atoms with Gasteiger partial charge >= 0.3 is 6.18 Å². The van der Waals surface area contributed by atoms with Crippen molar-refractivity contribution in [3.63, 3.8) is 0 Å². The van der Waals surface area contributed by atoms with Gasteiger partial charge in [0.25, 0.3) is 0 Å². The van der Waals surface area contributed by atoms with E-state index in [0.717, 1.165) is 10.9 Å². The molecule has 0 bridgehead atoms. The van der Waals surface area contributed by atoms with Crippen molar-refractivity contribution >= 4 is 0 Å². The van der Waals surface area contributed by atoms with Crippen LogP contribution in [0, 0.1) is 0 Å². The molecule has 1 unspecified atom stereocenters. The second kappa shape index (κ2) is 3.49. The summed E-state index contributed by atoms with van der Waals surface area (Å²) >= 11 is 0. The number of rotatable bonds is 2. The van der Waals surface area contributed by atoms with Crippen LogP contribution in [-0.4, -0.2) is 28.2 Å². The van der Waals surface area contributed by atoms with E-state index >= 15 is 0 Å². The zero-order valence-corrected chi connectivity index (χ0v) is 7.54. The Morgan fingerprint density at radius 3 is 2.57 bits per heavy atom. The monoisotopic (exact) mass is 210 g/mol. The first-order chi connectivity index (χ1) is 6.38. The van der Waals surface area contributed by atoms with Crippen LogP contribution in [0.4, 0.5) is 13.2 Å². The second-order valence-electron chi connectivity index (χ2n) is 2.67. The summed E-state index contributed by atoms with van der Waals surface area (Å²) in [5, 5.41) is 12.5. The van der Waals surface area contributed by atoms with Crippen LogP contribution in [0.15, 0.2) is 6.20 Å². The molecule has 4 nitrogen and oxygen atoms in total. The van der Waals surface area contributed by atoms with E-state index in [-0.39, 0.29) is 5.75 Å². The highest BCUT2D eigenvalue weighted by molar-refractivity contribution is 5.27. The lowest BCUT2D eigenvalue weighted by Gasteiger charge is -2.15. The molecule has 1 heterocycles. The zero-order valence-electron chi connectivity index (χ0n) is 7.54. The number of aryl methyl sites for hydroxylation is 1. The Morgan fingerprint density at radius 1 is 1.57 bits per heavy atom. The topological polar surface area (TPSA) is 47.3 Å². The van der Waals surface area contributed by atoms with Crippen LogP contribution in [-0.2, 0) is 7.05 Å². The number of halogens is 3. The third-order valence-corrected chi connectivity index (χ3v) is 1.74. The van der Waals surface area contributed by atoms with Crippen molar-refractivity contribution in [2.45, 2.75) is 12.3 Å². The Hall–Kier alpha value is -1.24. The van der Waals surface area contributed by atoms with Crippen LogP contribution < -0.4 is 4.74 Å². The highest BCUT2D eigenvalue weighted by Gasteiger charge is 2.42. The SMILES string of the molecule is COc1cnn(C)c1C(O)C(F)(F)F. The van der Waals surface area contributed by atoms with E-state index < -0.39 is 18.0 Å². The minimum atomic E-state index is -4.72. The van der Waals surface area contributed by atoms with Crippen molar-refractivity contribution in [1.82, 2.24) is 9.78 Å². The molecule has 1 atom stereocenters. The van der Waals surface area contributed by atoms with Crippen LogP contribution in [0.3, 0.4) is 0 Å². The minimum Gasteiger partial charge on any atom is -0.493 e. The maximum Gasteiger partial charge on any atom is 0.420 e. The number of alkyl halides is 3. The zero-order chi connectivity index (χ0) is 10.9. The van der Waals surface area contributed by atoms with Gasteiger partial charge < -0.3 is 9.84 Å². The number of hydrogen-bond acceptors (Lipinski definition) is 3. The van der Waals surface area contributed by atoms with Gasteiger partial charge in [-0.3, -0.25) is 4.68 Å². The first kappa shape index (κ1) is 10.8. The normalized spacial score (nSPS) is 14.1. The van der Waals surface area contributed by atoms with E-state index in [1.807, 2.05) is 0 Å².